The molecular formula is C16H33IN4O2S. The van der Waals surface area contributed by atoms with E-state index in [1.165, 1.54) is 25.8 Å². The van der Waals surface area contributed by atoms with Crippen LogP contribution in [0.1, 0.15) is 39.0 Å². The average Bonchev–Trinajstić information content (AvgIpc) is 2.87. The van der Waals surface area contributed by atoms with Crippen LogP contribution in [0.15, 0.2) is 4.99 Å². The van der Waals surface area contributed by atoms with Gasteiger partial charge in [0.05, 0.1) is 11.5 Å². The lowest BCUT2D eigenvalue weighted by Gasteiger charge is -2.33. The summed E-state index contributed by atoms with van der Waals surface area (Å²) in [6.45, 7) is 6.26. The topological polar surface area (TPSA) is 73.8 Å². The lowest BCUT2D eigenvalue weighted by Crippen LogP contribution is -2.42. The van der Waals surface area contributed by atoms with Crippen molar-refractivity contribution in [2.45, 2.75) is 45.1 Å². The van der Waals surface area contributed by atoms with Crippen molar-refractivity contribution in [1.82, 2.24) is 15.5 Å². The predicted octanol–water partition coefficient (Wildman–Crippen LogP) is 1.47. The Hall–Kier alpha value is -0.0900. The van der Waals surface area contributed by atoms with Crippen LogP contribution >= 0.6 is 24.0 Å². The molecule has 2 atom stereocenters. The fourth-order valence-electron chi connectivity index (χ4n) is 3.47. The van der Waals surface area contributed by atoms with E-state index in [-0.39, 0.29) is 29.9 Å². The van der Waals surface area contributed by atoms with Crippen molar-refractivity contribution in [2.75, 3.05) is 44.7 Å². The molecular weight excluding hydrogens is 439 g/mol. The number of nitrogens with one attached hydrogen (secondary N) is 2. The largest absolute Gasteiger partial charge is 0.356 e. The predicted molar refractivity (Wildman–Crippen MR) is 111 cm³/mol. The van der Waals surface area contributed by atoms with Crippen LogP contribution in [0.3, 0.4) is 0 Å². The Morgan fingerprint density at radius 3 is 2.67 bits per heavy atom. The van der Waals surface area contributed by atoms with E-state index >= 15 is 0 Å². The molecule has 2 fully saturated rings. The number of aliphatic imine (C=N–C) groups is 1. The normalized spacial score (nSPS) is 27.5. The van der Waals surface area contributed by atoms with Gasteiger partial charge in [0.1, 0.15) is 0 Å². The van der Waals surface area contributed by atoms with Crippen LogP contribution in [-0.2, 0) is 9.84 Å². The molecule has 0 radical (unpaired) electrons. The SMILES string of the molecule is CN=C(NCCCN1CCCCC1C)NCC1CCS(=O)(=O)C1.I. The van der Waals surface area contributed by atoms with Gasteiger partial charge in [0.25, 0.3) is 0 Å². The van der Waals surface area contributed by atoms with Crippen LogP contribution in [0.5, 0.6) is 0 Å². The minimum absolute atomic E-state index is 0. The monoisotopic (exact) mass is 472 g/mol. The Labute approximate surface area is 164 Å². The van der Waals surface area contributed by atoms with Gasteiger partial charge >= 0.3 is 0 Å². The minimum Gasteiger partial charge on any atom is -0.356 e. The zero-order valence-electron chi connectivity index (χ0n) is 15.0. The van der Waals surface area contributed by atoms with Gasteiger partial charge in [-0.15, -0.1) is 24.0 Å². The first-order valence-electron chi connectivity index (χ1n) is 8.89. The maximum atomic E-state index is 11.5. The fourth-order valence-corrected chi connectivity index (χ4v) is 5.34. The standard InChI is InChI=1S/C16H32N4O2S.HI/c1-14-6-3-4-9-20(14)10-5-8-18-16(17-2)19-12-15-7-11-23(21,22)13-15;/h14-15H,3-13H2,1-2H3,(H2,17,18,19);1H. The molecule has 24 heavy (non-hydrogen) atoms. The van der Waals surface area contributed by atoms with Crippen molar-refractivity contribution in [2.24, 2.45) is 10.9 Å². The van der Waals surface area contributed by atoms with Gasteiger partial charge in [0.2, 0.25) is 0 Å². The van der Waals surface area contributed by atoms with Crippen LogP contribution in [0.25, 0.3) is 0 Å². The minimum atomic E-state index is -2.79. The number of guanidine groups is 1. The van der Waals surface area contributed by atoms with Gasteiger partial charge in [0, 0.05) is 32.7 Å². The van der Waals surface area contributed by atoms with E-state index in [2.05, 4.69) is 27.4 Å². The highest BCUT2D eigenvalue weighted by molar-refractivity contribution is 14.0. The van der Waals surface area contributed by atoms with E-state index in [4.69, 9.17) is 0 Å². The Bertz CT molecular complexity index is 498. The highest BCUT2D eigenvalue weighted by Crippen LogP contribution is 2.17. The van der Waals surface area contributed by atoms with E-state index in [0.29, 0.717) is 24.1 Å². The van der Waals surface area contributed by atoms with Gasteiger partial charge in [-0.05, 0) is 45.1 Å². The van der Waals surface area contributed by atoms with Crippen molar-refractivity contribution in [3.63, 3.8) is 0 Å². The van der Waals surface area contributed by atoms with E-state index in [1.54, 1.807) is 7.05 Å². The zero-order chi connectivity index (χ0) is 16.7. The van der Waals surface area contributed by atoms with Gasteiger partial charge in [0.15, 0.2) is 15.8 Å². The number of sulfone groups is 1. The van der Waals surface area contributed by atoms with E-state index in [1.807, 2.05) is 0 Å². The molecule has 0 aromatic carbocycles. The molecule has 0 spiro atoms. The number of hydrogen-bond acceptors (Lipinski definition) is 4. The highest BCUT2D eigenvalue weighted by atomic mass is 127. The van der Waals surface area contributed by atoms with Crippen molar-refractivity contribution in [3.8, 4) is 0 Å². The number of piperidine rings is 1. The second-order valence-corrected chi connectivity index (χ2v) is 9.11. The lowest BCUT2D eigenvalue weighted by molar-refractivity contribution is 0.159. The van der Waals surface area contributed by atoms with E-state index in [9.17, 15) is 8.42 Å². The summed E-state index contributed by atoms with van der Waals surface area (Å²) in [5.74, 6) is 1.64. The van der Waals surface area contributed by atoms with Gasteiger partial charge in [-0.3, -0.25) is 4.99 Å². The summed E-state index contributed by atoms with van der Waals surface area (Å²) in [6, 6.07) is 0.713. The molecule has 0 bridgehead atoms. The summed E-state index contributed by atoms with van der Waals surface area (Å²) >= 11 is 0. The Morgan fingerprint density at radius 1 is 1.25 bits per heavy atom. The van der Waals surface area contributed by atoms with Gasteiger partial charge in [-0.2, -0.15) is 0 Å². The number of nitrogens with zero attached hydrogens (tertiary/aromatic N) is 2. The smallest absolute Gasteiger partial charge is 0.190 e. The molecule has 0 aliphatic carbocycles. The maximum absolute atomic E-state index is 11.5. The first-order chi connectivity index (χ1) is 11.0. The fraction of sp³-hybridized carbons (Fsp3) is 0.938. The molecule has 2 aliphatic rings. The van der Waals surface area contributed by atoms with Crippen LogP contribution in [-0.4, -0.2) is 70.1 Å². The molecule has 0 saturated carbocycles. The molecule has 2 aliphatic heterocycles. The second kappa shape index (κ2) is 10.8. The molecule has 142 valence electrons. The van der Waals surface area contributed by atoms with Crippen molar-refractivity contribution < 1.29 is 8.42 Å². The van der Waals surface area contributed by atoms with Crippen molar-refractivity contribution >= 4 is 39.8 Å². The summed E-state index contributed by atoms with van der Waals surface area (Å²) < 4.78 is 22.9. The van der Waals surface area contributed by atoms with Crippen molar-refractivity contribution in [1.29, 1.82) is 0 Å². The molecule has 0 aromatic rings. The summed E-state index contributed by atoms with van der Waals surface area (Å²) in [5.41, 5.74) is 0. The summed E-state index contributed by atoms with van der Waals surface area (Å²) in [7, 11) is -1.04. The maximum Gasteiger partial charge on any atom is 0.190 e. The van der Waals surface area contributed by atoms with E-state index in [0.717, 1.165) is 31.9 Å². The van der Waals surface area contributed by atoms with Gasteiger partial charge in [-0.1, -0.05) is 6.42 Å². The van der Waals surface area contributed by atoms with Crippen molar-refractivity contribution in [3.05, 3.63) is 0 Å². The highest BCUT2D eigenvalue weighted by Gasteiger charge is 2.27. The van der Waals surface area contributed by atoms with Gasteiger partial charge in [-0.25, -0.2) is 8.42 Å². The third-order valence-electron chi connectivity index (χ3n) is 4.96. The molecule has 8 heteroatoms. The number of hydrogen-bond donors (Lipinski definition) is 2. The zero-order valence-corrected chi connectivity index (χ0v) is 18.1. The summed E-state index contributed by atoms with van der Waals surface area (Å²) in [5, 5.41) is 6.59. The quantitative estimate of drug-likeness (QED) is 0.265. The first kappa shape index (κ1) is 22.0. The van der Waals surface area contributed by atoms with Crippen LogP contribution < -0.4 is 10.6 Å². The van der Waals surface area contributed by atoms with Gasteiger partial charge < -0.3 is 15.5 Å². The Morgan fingerprint density at radius 2 is 2.04 bits per heavy atom. The third kappa shape index (κ3) is 7.43. The molecule has 2 unspecified atom stereocenters. The molecule has 0 amide bonds. The second-order valence-electron chi connectivity index (χ2n) is 6.88. The summed E-state index contributed by atoms with van der Waals surface area (Å²) in [4.78, 5) is 6.79. The Kier molecular flexibility index (Phi) is 9.88. The molecule has 2 saturated heterocycles. The van der Waals surface area contributed by atoms with E-state index < -0.39 is 9.84 Å². The Balaban J connectivity index is 0.00000288. The number of halogens is 1. The summed E-state index contributed by atoms with van der Waals surface area (Å²) in [6.07, 6.45) is 5.87. The average molecular weight is 472 g/mol. The first-order valence-corrected chi connectivity index (χ1v) is 10.7. The number of rotatable bonds is 6. The lowest BCUT2D eigenvalue weighted by atomic mass is 10.0. The molecule has 2 heterocycles. The molecule has 2 rings (SSSR count). The molecule has 2 N–H and O–H groups in total. The third-order valence-corrected chi connectivity index (χ3v) is 6.80. The molecule has 0 aromatic heterocycles. The number of likely N-dealkylation sites (tertiary alicyclic amines) is 1. The van der Waals surface area contributed by atoms with Crippen LogP contribution in [0.4, 0.5) is 0 Å². The van der Waals surface area contributed by atoms with Crippen LogP contribution in [0, 0.1) is 5.92 Å². The van der Waals surface area contributed by atoms with Crippen LogP contribution in [0.2, 0.25) is 0 Å². The molecule has 6 nitrogen and oxygen atoms in total.